The summed E-state index contributed by atoms with van der Waals surface area (Å²) in [5, 5.41) is 3.39. The number of nitrogens with two attached hydrogens (primary N) is 1. The van der Waals surface area contributed by atoms with Gasteiger partial charge in [-0.25, -0.2) is 9.66 Å². The molecule has 0 bridgehead atoms. The molecular formula is C15H19N5O. The molecular weight excluding hydrogens is 266 g/mol. The minimum absolute atomic E-state index is 0.239. The molecule has 0 radical (unpaired) electrons. The fourth-order valence-electron chi connectivity index (χ4n) is 2.27. The number of aromatic nitrogens is 2. The third kappa shape index (κ3) is 2.57. The Morgan fingerprint density at radius 2 is 2.14 bits per heavy atom. The molecule has 0 spiro atoms. The molecule has 0 saturated carbocycles. The minimum Gasteiger partial charge on any atom is -0.494 e. The van der Waals surface area contributed by atoms with Crippen molar-refractivity contribution >= 4 is 11.4 Å². The smallest absolute Gasteiger partial charge is 0.175 e. The summed E-state index contributed by atoms with van der Waals surface area (Å²) in [5.74, 6) is 1.68. The van der Waals surface area contributed by atoms with Crippen LogP contribution < -0.4 is 21.2 Å². The van der Waals surface area contributed by atoms with E-state index in [4.69, 9.17) is 10.5 Å². The Hall–Kier alpha value is -2.47. The van der Waals surface area contributed by atoms with Gasteiger partial charge in [0.25, 0.3) is 0 Å². The Kier molecular flexibility index (Phi) is 3.53. The number of imidazole rings is 1. The molecule has 6 heteroatoms. The number of anilines is 1. The maximum Gasteiger partial charge on any atom is 0.175 e. The molecule has 110 valence electrons. The predicted octanol–water partition coefficient (Wildman–Crippen LogP) is 1.97. The van der Waals surface area contributed by atoms with Gasteiger partial charge in [0.15, 0.2) is 5.82 Å². The van der Waals surface area contributed by atoms with Gasteiger partial charge in [0.2, 0.25) is 0 Å². The standard InChI is InChI=1S/C15H19N5O/c1-3-21-12-6-4-11(5-7-12)18-13-10(2)14(16)19-20-9-8-17-15(13)20/h4-9,14,18-19H,3,16H2,1-2H3. The minimum atomic E-state index is -0.239. The summed E-state index contributed by atoms with van der Waals surface area (Å²) < 4.78 is 7.27. The third-order valence-corrected chi connectivity index (χ3v) is 3.44. The van der Waals surface area contributed by atoms with Gasteiger partial charge >= 0.3 is 0 Å². The third-order valence-electron chi connectivity index (χ3n) is 3.44. The first-order chi connectivity index (χ1) is 10.2. The zero-order chi connectivity index (χ0) is 14.8. The number of nitrogens with zero attached hydrogens (tertiary/aromatic N) is 2. The first-order valence-corrected chi connectivity index (χ1v) is 6.95. The van der Waals surface area contributed by atoms with Crippen molar-refractivity contribution in [2.45, 2.75) is 20.0 Å². The molecule has 2 aromatic rings. The second-order valence-electron chi connectivity index (χ2n) is 4.87. The number of hydrogen-bond donors (Lipinski definition) is 3. The van der Waals surface area contributed by atoms with Crippen LogP contribution in [0.4, 0.5) is 5.69 Å². The fourth-order valence-corrected chi connectivity index (χ4v) is 2.27. The van der Waals surface area contributed by atoms with Gasteiger partial charge in [-0.2, -0.15) is 0 Å². The highest BCUT2D eigenvalue weighted by Crippen LogP contribution is 2.25. The van der Waals surface area contributed by atoms with Gasteiger partial charge in [-0.1, -0.05) is 0 Å². The molecule has 4 N–H and O–H groups in total. The van der Waals surface area contributed by atoms with Crippen LogP contribution in [-0.4, -0.2) is 22.4 Å². The molecule has 0 amide bonds. The molecule has 6 nitrogen and oxygen atoms in total. The molecule has 1 unspecified atom stereocenters. The summed E-state index contributed by atoms with van der Waals surface area (Å²) in [7, 11) is 0. The van der Waals surface area contributed by atoms with Crippen LogP contribution in [0, 0.1) is 0 Å². The van der Waals surface area contributed by atoms with Crippen molar-refractivity contribution in [2.75, 3.05) is 17.3 Å². The van der Waals surface area contributed by atoms with Gasteiger partial charge in [0.1, 0.15) is 11.9 Å². The van der Waals surface area contributed by atoms with E-state index in [2.05, 4.69) is 15.7 Å². The summed E-state index contributed by atoms with van der Waals surface area (Å²) in [4.78, 5) is 4.37. The molecule has 0 fully saturated rings. The lowest BCUT2D eigenvalue weighted by Gasteiger charge is -2.27. The van der Waals surface area contributed by atoms with E-state index < -0.39 is 0 Å². The summed E-state index contributed by atoms with van der Waals surface area (Å²) in [6.45, 7) is 4.62. The Morgan fingerprint density at radius 3 is 2.86 bits per heavy atom. The quantitative estimate of drug-likeness (QED) is 0.800. The Balaban J connectivity index is 1.87. The van der Waals surface area contributed by atoms with Crippen molar-refractivity contribution in [1.82, 2.24) is 9.66 Å². The van der Waals surface area contributed by atoms with Gasteiger partial charge in [0, 0.05) is 18.1 Å². The maximum absolute atomic E-state index is 6.08. The number of rotatable bonds is 4. The van der Waals surface area contributed by atoms with Crippen molar-refractivity contribution in [3.8, 4) is 5.75 Å². The molecule has 0 saturated heterocycles. The van der Waals surface area contributed by atoms with Gasteiger partial charge < -0.3 is 21.2 Å². The highest BCUT2D eigenvalue weighted by molar-refractivity contribution is 5.77. The van der Waals surface area contributed by atoms with E-state index in [9.17, 15) is 0 Å². The summed E-state index contributed by atoms with van der Waals surface area (Å²) in [5.41, 5.74) is 12.1. The number of fused-ring (bicyclic) bond motifs is 1. The number of benzene rings is 1. The van der Waals surface area contributed by atoms with Crippen molar-refractivity contribution in [1.29, 1.82) is 0 Å². The SMILES string of the molecule is CCOc1ccc(NC2=C(C)C(N)Nn3ccnc32)cc1. The van der Waals surface area contributed by atoms with Crippen LogP contribution in [-0.2, 0) is 0 Å². The highest BCUT2D eigenvalue weighted by Gasteiger charge is 2.22. The summed E-state index contributed by atoms with van der Waals surface area (Å²) in [6, 6.07) is 7.84. The van der Waals surface area contributed by atoms with Crippen LogP contribution in [0.1, 0.15) is 19.7 Å². The van der Waals surface area contributed by atoms with Gasteiger partial charge in [-0.05, 0) is 43.7 Å². The highest BCUT2D eigenvalue weighted by atomic mass is 16.5. The maximum atomic E-state index is 6.08. The van der Waals surface area contributed by atoms with Crippen molar-refractivity contribution in [3.63, 3.8) is 0 Å². The molecule has 21 heavy (non-hydrogen) atoms. The van der Waals surface area contributed by atoms with E-state index in [-0.39, 0.29) is 6.17 Å². The van der Waals surface area contributed by atoms with Crippen molar-refractivity contribution in [3.05, 3.63) is 48.1 Å². The molecule has 3 rings (SSSR count). The average molecular weight is 285 g/mol. The lowest BCUT2D eigenvalue weighted by molar-refractivity contribution is 0.340. The van der Waals surface area contributed by atoms with Crippen molar-refractivity contribution in [2.24, 2.45) is 5.73 Å². The van der Waals surface area contributed by atoms with Crippen LogP contribution in [0.3, 0.4) is 0 Å². The topological polar surface area (TPSA) is 77.1 Å². The summed E-state index contributed by atoms with van der Waals surface area (Å²) >= 11 is 0. The molecule has 1 aromatic heterocycles. The molecule has 2 heterocycles. The van der Waals surface area contributed by atoms with Crippen LogP contribution in [0.15, 0.2) is 42.2 Å². The first kappa shape index (κ1) is 13.5. The molecule has 1 aromatic carbocycles. The predicted molar refractivity (Wildman–Crippen MR) is 83.4 cm³/mol. The van der Waals surface area contributed by atoms with Crippen LogP contribution in [0.2, 0.25) is 0 Å². The van der Waals surface area contributed by atoms with E-state index in [0.717, 1.165) is 28.5 Å². The van der Waals surface area contributed by atoms with Crippen LogP contribution in [0.5, 0.6) is 5.75 Å². The van der Waals surface area contributed by atoms with Crippen LogP contribution >= 0.6 is 0 Å². The lowest BCUT2D eigenvalue weighted by atomic mass is 10.1. The van der Waals surface area contributed by atoms with E-state index in [1.807, 2.05) is 49.0 Å². The zero-order valence-electron chi connectivity index (χ0n) is 12.1. The number of hydrogen-bond acceptors (Lipinski definition) is 5. The van der Waals surface area contributed by atoms with E-state index in [1.165, 1.54) is 0 Å². The summed E-state index contributed by atoms with van der Waals surface area (Å²) in [6.07, 6.45) is 3.35. The lowest BCUT2D eigenvalue weighted by Crippen LogP contribution is -2.41. The molecule has 1 aliphatic rings. The Morgan fingerprint density at radius 1 is 1.38 bits per heavy atom. The monoisotopic (exact) mass is 285 g/mol. The number of ether oxygens (including phenoxy) is 1. The Bertz CT molecular complexity index is 659. The van der Waals surface area contributed by atoms with Crippen LogP contribution in [0.25, 0.3) is 5.70 Å². The molecule has 1 atom stereocenters. The van der Waals surface area contributed by atoms with Gasteiger partial charge in [-0.3, -0.25) is 0 Å². The molecule has 1 aliphatic heterocycles. The Labute approximate surface area is 123 Å². The average Bonchev–Trinajstić information content (AvgIpc) is 2.94. The normalized spacial score (nSPS) is 17.2. The number of nitrogens with one attached hydrogen (secondary N) is 2. The van der Waals surface area contributed by atoms with Gasteiger partial charge in [-0.15, -0.1) is 0 Å². The van der Waals surface area contributed by atoms with E-state index in [0.29, 0.717) is 6.61 Å². The second kappa shape index (κ2) is 5.49. The van der Waals surface area contributed by atoms with Crippen molar-refractivity contribution < 1.29 is 4.74 Å². The molecule has 0 aliphatic carbocycles. The second-order valence-corrected chi connectivity index (χ2v) is 4.87. The van der Waals surface area contributed by atoms with E-state index in [1.54, 1.807) is 6.20 Å². The van der Waals surface area contributed by atoms with E-state index >= 15 is 0 Å². The first-order valence-electron chi connectivity index (χ1n) is 6.95. The fraction of sp³-hybridized carbons (Fsp3) is 0.267. The zero-order valence-corrected chi connectivity index (χ0v) is 12.1. The van der Waals surface area contributed by atoms with Gasteiger partial charge in [0.05, 0.1) is 12.3 Å². The largest absolute Gasteiger partial charge is 0.494 e.